The number of rotatable bonds is 1. The second-order valence-electron chi connectivity index (χ2n) is 11.9. The largest absolute Gasteiger partial charge is 0.0620 e. The third-order valence-electron chi connectivity index (χ3n) is 9.57. The minimum Gasteiger partial charge on any atom is -0.0620 e. The molecule has 4 aromatic carbocycles. The number of hydrogen-bond acceptors (Lipinski definition) is 0. The average molecular weight is 477 g/mol. The zero-order valence-electron chi connectivity index (χ0n) is 23.5. The summed E-state index contributed by atoms with van der Waals surface area (Å²) >= 11 is 0. The van der Waals surface area contributed by atoms with E-state index in [0.29, 0.717) is 10.8 Å². The smallest absolute Gasteiger partial charge is 0.0125 e. The maximum Gasteiger partial charge on any atom is -0.0125 e. The Morgan fingerprint density at radius 3 is 1.25 bits per heavy atom. The second-order valence-corrected chi connectivity index (χ2v) is 11.9. The first kappa shape index (κ1) is 26.2. The van der Waals surface area contributed by atoms with Crippen molar-refractivity contribution in [3.63, 3.8) is 0 Å². The minimum absolute atomic E-state index is 0.660. The van der Waals surface area contributed by atoms with E-state index in [2.05, 4.69) is 133 Å². The lowest BCUT2D eigenvalue weighted by molar-refractivity contribution is 0.152. The molecular weight excluding hydrogens is 432 g/mol. The molecule has 0 nitrogen and oxygen atoms in total. The number of benzene rings is 4. The van der Waals surface area contributed by atoms with E-state index in [1.54, 1.807) is 0 Å². The van der Waals surface area contributed by atoms with Gasteiger partial charge in [0, 0.05) is 0 Å². The fourth-order valence-corrected chi connectivity index (χ4v) is 6.61. The molecule has 6 rings (SSSR count). The van der Waals surface area contributed by atoms with Crippen molar-refractivity contribution in [2.24, 2.45) is 16.7 Å². The van der Waals surface area contributed by atoms with Crippen molar-refractivity contribution in [2.45, 2.75) is 74.1 Å². The van der Waals surface area contributed by atoms with Crippen LogP contribution in [0.3, 0.4) is 0 Å². The van der Waals surface area contributed by atoms with Crippen LogP contribution in [0.5, 0.6) is 0 Å². The molecule has 0 aliphatic heterocycles. The van der Waals surface area contributed by atoms with Gasteiger partial charge in [-0.1, -0.05) is 106 Å². The summed E-state index contributed by atoms with van der Waals surface area (Å²) in [5.41, 5.74) is 9.45. The lowest BCUT2D eigenvalue weighted by Gasteiger charge is -2.34. The highest BCUT2D eigenvalue weighted by molar-refractivity contribution is 5.88. The molecule has 4 aromatic rings. The molecule has 2 saturated carbocycles. The third-order valence-corrected chi connectivity index (χ3v) is 9.57. The molecule has 2 bridgehead atoms. The normalized spacial score (nSPS) is 21.4. The van der Waals surface area contributed by atoms with Gasteiger partial charge in [0.05, 0.1) is 0 Å². The molecule has 0 spiro atoms. The van der Waals surface area contributed by atoms with Gasteiger partial charge in [-0.3, -0.25) is 0 Å². The molecule has 0 heteroatoms. The van der Waals surface area contributed by atoms with Gasteiger partial charge in [0.2, 0.25) is 0 Å². The van der Waals surface area contributed by atoms with Gasteiger partial charge >= 0.3 is 0 Å². The Bertz CT molecular complexity index is 1230. The van der Waals surface area contributed by atoms with E-state index in [1.807, 2.05) is 0 Å². The predicted molar refractivity (Wildman–Crippen MR) is 159 cm³/mol. The SMILES string of the molecule is CC12CCC(CC1)C2(C)C.Cc1cccc2cccc(C)c12.Cc1ccccc1-c1ccccc1C. The summed E-state index contributed by atoms with van der Waals surface area (Å²) in [5, 5.41) is 2.75. The Morgan fingerprint density at radius 2 is 0.944 bits per heavy atom. The average Bonchev–Trinajstić information content (AvgIpc) is 3.22. The maximum absolute atomic E-state index is 2.49. The fourth-order valence-electron chi connectivity index (χ4n) is 6.61. The van der Waals surface area contributed by atoms with E-state index in [0.717, 1.165) is 5.92 Å². The van der Waals surface area contributed by atoms with E-state index in [9.17, 15) is 0 Å². The van der Waals surface area contributed by atoms with E-state index < -0.39 is 0 Å². The van der Waals surface area contributed by atoms with Crippen molar-refractivity contribution in [1.29, 1.82) is 0 Å². The molecule has 0 radical (unpaired) electrons. The van der Waals surface area contributed by atoms with E-state index >= 15 is 0 Å². The van der Waals surface area contributed by atoms with Gasteiger partial charge in [0.25, 0.3) is 0 Å². The zero-order chi connectivity index (χ0) is 25.9. The summed E-state index contributed by atoms with van der Waals surface area (Å²) in [6.07, 6.45) is 5.99. The summed E-state index contributed by atoms with van der Waals surface area (Å²) in [4.78, 5) is 0. The van der Waals surface area contributed by atoms with Crippen molar-refractivity contribution in [1.82, 2.24) is 0 Å². The molecular formula is C36H44. The fraction of sp³-hybridized carbons (Fsp3) is 0.389. The maximum atomic E-state index is 2.49. The summed E-state index contributed by atoms with van der Waals surface area (Å²) < 4.78 is 0. The van der Waals surface area contributed by atoms with Crippen molar-refractivity contribution in [3.8, 4) is 11.1 Å². The van der Waals surface area contributed by atoms with Crippen LogP contribution in [0.15, 0.2) is 84.9 Å². The van der Waals surface area contributed by atoms with Crippen molar-refractivity contribution < 1.29 is 0 Å². The van der Waals surface area contributed by atoms with Crippen LogP contribution < -0.4 is 0 Å². The standard InChI is InChI=1S/C14H14.C12H12.C10H18/c1-11-7-3-5-9-13(11)14-10-6-4-8-12(14)2;1-9-5-3-7-11-8-4-6-10(2)12(9)11;1-9(2)8-4-6-10(9,3)7-5-8/h3-10H,1-2H3;3-8H,1-2H3;8H,4-7H2,1-3H3. The number of hydrogen-bond donors (Lipinski definition) is 0. The molecule has 0 N–H and O–H groups in total. The molecule has 2 fully saturated rings. The van der Waals surface area contributed by atoms with Crippen molar-refractivity contribution in [2.75, 3.05) is 0 Å². The van der Waals surface area contributed by atoms with Crippen molar-refractivity contribution >= 4 is 10.8 Å². The molecule has 0 unspecified atom stereocenters. The Balaban J connectivity index is 0.000000128. The summed E-state index contributed by atoms with van der Waals surface area (Å²) in [6, 6.07) is 29.9. The van der Waals surface area contributed by atoms with Gasteiger partial charge in [-0.05, 0) is 114 Å². The molecule has 0 heterocycles. The Hall–Kier alpha value is -2.86. The van der Waals surface area contributed by atoms with Crippen LogP contribution in [0.25, 0.3) is 21.9 Å². The summed E-state index contributed by atoms with van der Waals surface area (Å²) in [5.74, 6) is 1.05. The molecule has 0 amide bonds. The van der Waals surface area contributed by atoms with Gasteiger partial charge < -0.3 is 0 Å². The minimum atomic E-state index is 0.660. The van der Waals surface area contributed by atoms with Crippen molar-refractivity contribution in [3.05, 3.63) is 107 Å². The highest BCUT2D eigenvalue weighted by Crippen LogP contribution is 2.65. The van der Waals surface area contributed by atoms with E-state index in [-0.39, 0.29) is 0 Å². The van der Waals surface area contributed by atoms with Gasteiger partial charge in [-0.25, -0.2) is 0 Å². The molecule has 0 saturated heterocycles. The van der Waals surface area contributed by atoms with Crippen LogP contribution in [0.4, 0.5) is 0 Å². The number of fused-ring (bicyclic) bond motifs is 3. The van der Waals surface area contributed by atoms with Crippen LogP contribution in [-0.2, 0) is 0 Å². The Kier molecular flexibility index (Phi) is 7.74. The predicted octanol–water partition coefficient (Wildman–Crippen LogP) is 10.6. The van der Waals surface area contributed by atoms with Crippen LogP contribution in [0, 0.1) is 44.4 Å². The number of aryl methyl sites for hydroxylation is 4. The quantitative estimate of drug-likeness (QED) is 0.256. The molecule has 36 heavy (non-hydrogen) atoms. The lowest BCUT2D eigenvalue weighted by Crippen LogP contribution is -2.26. The Labute approximate surface area is 219 Å². The topological polar surface area (TPSA) is 0 Å². The van der Waals surface area contributed by atoms with Crippen LogP contribution in [-0.4, -0.2) is 0 Å². The Morgan fingerprint density at radius 1 is 0.528 bits per heavy atom. The van der Waals surface area contributed by atoms with E-state index in [1.165, 1.54) is 69.8 Å². The highest BCUT2D eigenvalue weighted by Gasteiger charge is 2.55. The second kappa shape index (κ2) is 10.6. The molecule has 0 aromatic heterocycles. The highest BCUT2D eigenvalue weighted by atomic mass is 14.6. The summed E-state index contributed by atoms with van der Waals surface area (Å²) in [7, 11) is 0. The monoisotopic (exact) mass is 476 g/mol. The van der Waals surface area contributed by atoms with E-state index in [4.69, 9.17) is 0 Å². The van der Waals surface area contributed by atoms with Gasteiger partial charge in [-0.2, -0.15) is 0 Å². The van der Waals surface area contributed by atoms with Gasteiger partial charge in [-0.15, -0.1) is 0 Å². The van der Waals surface area contributed by atoms with Gasteiger partial charge in [0.1, 0.15) is 0 Å². The van der Waals surface area contributed by atoms with Gasteiger partial charge in [0.15, 0.2) is 0 Å². The van der Waals surface area contributed by atoms with Crippen LogP contribution in [0.1, 0.15) is 68.7 Å². The molecule has 2 aliphatic carbocycles. The molecule has 0 atom stereocenters. The lowest BCUT2D eigenvalue weighted by atomic mass is 9.71. The zero-order valence-corrected chi connectivity index (χ0v) is 23.5. The molecule has 2 aliphatic rings. The van der Waals surface area contributed by atoms with Crippen LogP contribution >= 0.6 is 0 Å². The first-order valence-corrected chi connectivity index (χ1v) is 13.7. The first-order valence-electron chi connectivity index (χ1n) is 13.7. The third kappa shape index (κ3) is 5.15. The molecule has 188 valence electrons. The first-order chi connectivity index (χ1) is 17.1. The summed E-state index contributed by atoms with van der Waals surface area (Å²) in [6.45, 7) is 16.1. The van der Waals surface area contributed by atoms with Crippen LogP contribution in [0.2, 0.25) is 0 Å².